The number of amides is 1. The lowest BCUT2D eigenvalue weighted by Crippen LogP contribution is -2.31. The highest BCUT2D eigenvalue weighted by Crippen LogP contribution is 2.36. The summed E-state index contributed by atoms with van der Waals surface area (Å²) in [5.41, 5.74) is 3.62. The fourth-order valence-electron chi connectivity index (χ4n) is 4.82. The Morgan fingerprint density at radius 1 is 1.10 bits per heavy atom. The largest absolute Gasteiger partial charge is 0.480 e. The summed E-state index contributed by atoms with van der Waals surface area (Å²) >= 11 is 7.74. The van der Waals surface area contributed by atoms with Crippen molar-refractivity contribution in [3.63, 3.8) is 0 Å². The molecule has 1 aliphatic heterocycles. The van der Waals surface area contributed by atoms with Gasteiger partial charge in [-0.3, -0.25) is 24.0 Å². The summed E-state index contributed by atoms with van der Waals surface area (Å²) in [6.45, 7) is 2.03. The topological polar surface area (TPSA) is 106 Å². The Bertz CT molecular complexity index is 1780. The number of aliphatic carboxylic acids is 1. The fraction of sp³-hybridized carbons (Fsp3) is 0.179. The number of benzene rings is 2. The van der Waals surface area contributed by atoms with E-state index in [1.165, 1.54) is 9.47 Å². The number of aromatic nitrogens is 4. The Hall–Kier alpha value is -4.28. The van der Waals surface area contributed by atoms with E-state index in [0.29, 0.717) is 22.3 Å². The summed E-state index contributed by atoms with van der Waals surface area (Å²) in [6, 6.07) is 18.7. The van der Waals surface area contributed by atoms with E-state index in [4.69, 9.17) is 16.6 Å². The molecule has 6 rings (SSSR count). The van der Waals surface area contributed by atoms with Crippen LogP contribution in [0.4, 0.5) is 5.95 Å². The minimum Gasteiger partial charge on any atom is -0.480 e. The molecule has 0 saturated heterocycles. The predicted octanol–water partition coefficient (Wildman–Crippen LogP) is 5.21. The second-order valence-electron chi connectivity index (χ2n) is 9.14. The van der Waals surface area contributed by atoms with Crippen LogP contribution in [0.1, 0.15) is 39.2 Å². The Balaban J connectivity index is 1.46. The summed E-state index contributed by atoms with van der Waals surface area (Å²) in [4.78, 5) is 33.0. The molecule has 39 heavy (non-hydrogen) atoms. The molecule has 1 aliphatic rings. The third kappa shape index (κ3) is 4.31. The van der Waals surface area contributed by atoms with Crippen molar-refractivity contribution in [2.75, 3.05) is 11.9 Å². The summed E-state index contributed by atoms with van der Waals surface area (Å²) in [5.74, 6) is -0.489. The second kappa shape index (κ2) is 9.79. The van der Waals surface area contributed by atoms with Crippen LogP contribution in [0.2, 0.25) is 5.02 Å². The van der Waals surface area contributed by atoms with Crippen molar-refractivity contribution in [2.24, 2.45) is 4.99 Å². The van der Waals surface area contributed by atoms with Gasteiger partial charge in [-0.05, 0) is 36.8 Å². The quantitative estimate of drug-likeness (QED) is 0.308. The number of thiophene rings is 1. The number of anilines is 1. The molecule has 9 nitrogen and oxygen atoms in total. The maximum atomic E-state index is 13.9. The van der Waals surface area contributed by atoms with Gasteiger partial charge in [-0.2, -0.15) is 0 Å². The zero-order chi connectivity index (χ0) is 27.3. The van der Waals surface area contributed by atoms with Crippen LogP contribution < -0.4 is 4.90 Å². The first-order valence-electron chi connectivity index (χ1n) is 12.3. The Morgan fingerprint density at radius 2 is 1.87 bits per heavy atom. The van der Waals surface area contributed by atoms with Gasteiger partial charge in [0.15, 0.2) is 5.82 Å². The van der Waals surface area contributed by atoms with Crippen LogP contribution in [0.15, 0.2) is 65.7 Å². The molecule has 1 amide bonds. The SMILES string of the molecule is CCc1cc2c(s1)-n1c(nnc1N(C)C(=O)c1cc3ccccc3n1CC(=O)O)CN=C2c1ccc(Cl)cc1. The molecule has 0 aliphatic carbocycles. The van der Waals surface area contributed by atoms with Gasteiger partial charge in [-0.1, -0.05) is 48.9 Å². The van der Waals surface area contributed by atoms with Gasteiger partial charge < -0.3 is 9.67 Å². The van der Waals surface area contributed by atoms with Crippen molar-refractivity contribution < 1.29 is 14.7 Å². The maximum absolute atomic E-state index is 13.9. The zero-order valence-electron chi connectivity index (χ0n) is 21.1. The van der Waals surface area contributed by atoms with E-state index >= 15 is 0 Å². The van der Waals surface area contributed by atoms with Gasteiger partial charge in [-0.15, -0.1) is 21.5 Å². The number of carbonyl (C=O) groups is 2. The number of hydrogen-bond acceptors (Lipinski definition) is 6. The van der Waals surface area contributed by atoms with Crippen LogP contribution >= 0.6 is 22.9 Å². The second-order valence-corrected chi connectivity index (χ2v) is 10.7. The molecule has 0 spiro atoms. The Kier molecular flexibility index (Phi) is 6.28. The minimum absolute atomic E-state index is 0.255. The smallest absolute Gasteiger partial charge is 0.323 e. The van der Waals surface area contributed by atoms with E-state index in [-0.39, 0.29) is 24.7 Å². The number of fused-ring (bicyclic) bond motifs is 4. The Morgan fingerprint density at radius 3 is 2.62 bits per heavy atom. The third-order valence-electron chi connectivity index (χ3n) is 6.71. The molecule has 3 aromatic heterocycles. The molecule has 0 saturated carbocycles. The van der Waals surface area contributed by atoms with Gasteiger partial charge >= 0.3 is 5.97 Å². The average Bonchev–Trinajstić information content (AvgIpc) is 3.62. The lowest BCUT2D eigenvalue weighted by Gasteiger charge is -2.18. The number of aliphatic imine (C=N–C) groups is 1. The first kappa shape index (κ1) is 25.0. The number of rotatable bonds is 6. The van der Waals surface area contributed by atoms with E-state index in [1.807, 2.05) is 47.0 Å². The van der Waals surface area contributed by atoms with E-state index in [9.17, 15) is 14.7 Å². The van der Waals surface area contributed by atoms with Gasteiger partial charge in [-0.25, -0.2) is 0 Å². The summed E-state index contributed by atoms with van der Waals surface area (Å²) < 4.78 is 3.40. The lowest BCUT2D eigenvalue weighted by atomic mass is 10.0. The highest BCUT2D eigenvalue weighted by atomic mass is 35.5. The molecule has 5 aromatic rings. The van der Waals surface area contributed by atoms with Crippen molar-refractivity contribution >= 4 is 57.4 Å². The van der Waals surface area contributed by atoms with Crippen molar-refractivity contribution in [1.29, 1.82) is 0 Å². The van der Waals surface area contributed by atoms with Crippen molar-refractivity contribution in [2.45, 2.75) is 26.4 Å². The highest BCUT2D eigenvalue weighted by Gasteiger charge is 2.30. The van der Waals surface area contributed by atoms with E-state index in [2.05, 4.69) is 23.2 Å². The molecule has 0 unspecified atom stereocenters. The van der Waals surface area contributed by atoms with E-state index in [1.54, 1.807) is 30.5 Å². The summed E-state index contributed by atoms with van der Waals surface area (Å²) in [5, 5.41) is 20.6. The minimum atomic E-state index is -1.04. The molecule has 0 fully saturated rings. The van der Waals surface area contributed by atoms with Crippen LogP contribution in [0.5, 0.6) is 0 Å². The summed E-state index contributed by atoms with van der Waals surface area (Å²) in [6.07, 6.45) is 0.836. The lowest BCUT2D eigenvalue weighted by molar-refractivity contribution is -0.137. The number of hydrogen-bond donors (Lipinski definition) is 1. The average molecular weight is 559 g/mol. The third-order valence-corrected chi connectivity index (χ3v) is 8.22. The van der Waals surface area contributed by atoms with Gasteiger partial charge in [0.25, 0.3) is 5.91 Å². The Labute approximate surface area is 232 Å². The maximum Gasteiger partial charge on any atom is 0.323 e. The number of nitrogens with zero attached hydrogens (tertiary/aromatic N) is 6. The molecular formula is C28H23ClN6O3S. The normalized spacial score (nSPS) is 12.5. The standard InChI is InChI=1S/C28H23ClN6O3S/c1-3-19-13-20-25(16-8-10-18(29)11-9-16)30-14-23-31-32-28(35(23)27(20)39-19)33(2)26(38)22-12-17-6-4-5-7-21(17)34(22)15-24(36)37/h4-13H,3,14-15H2,1-2H3,(H,36,37). The molecule has 2 aromatic carbocycles. The molecule has 0 bridgehead atoms. The molecular weight excluding hydrogens is 536 g/mol. The highest BCUT2D eigenvalue weighted by molar-refractivity contribution is 7.15. The fourth-order valence-corrected chi connectivity index (χ4v) is 6.06. The van der Waals surface area contributed by atoms with Gasteiger partial charge in [0, 0.05) is 39.0 Å². The van der Waals surface area contributed by atoms with Crippen LogP contribution in [-0.2, 0) is 24.3 Å². The van der Waals surface area contributed by atoms with Crippen LogP contribution in [0.3, 0.4) is 0 Å². The van der Waals surface area contributed by atoms with Crippen molar-refractivity contribution in [1.82, 2.24) is 19.3 Å². The zero-order valence-corrected chi connectivity index (χ0v) is 22.7. The number of carbonyl (C=O) groups excluding carboxylic acids is 1. The monoisotopic (exact) mass is 558 g/mol. The first-order valence-corrected chi connectivity index (χ1v) is 13.5. The van der Waals surface area contributed by atoms with E-state index < -0.39 is 5.97 Å². The molecule has 196 valence electrons. The van der Waals surface area contributed by atoms with Crippen molar-refractivity contribution in [3.8, 4) is 5.00 Å². The number of para-hydroxylation sites is 1. The number of carboxylic acids is 1. The molecule has 0 radical (unpaired) electrons. The molecule has 0 atom stereocenters. The van der Waals surface area contributed by atoms with Gasteiger partial charge in [0.05, 0.1) is 5.71 Å². The molecule has 4 heterocycles. The molecule has 1 N–H and O–H groups in total. The van der Waals surface area contributed by atoms with Crippen LogP contribution in [0, 0.1) is 0 Å². The first-order chi connectivity index (χ1) is 18.9. The number of halogens is 1. The van der Waals surface area contributed by atoms with Crippen molar-refractivity contribution in [3.05, 3.63) is 93.2 Å². The predicted molar refractivity (Wildman–Crippen MR) is 152 cm³/mol. The van der Waals surface area contributed by atoms with Crippen LogP contribution in [-0.4, -0.2) is 49.1 Å². The number of aryl methyl sites for hydroxylation is 1. The van der Waals surface area contributed by atoms with E-state index in [0.717, 1.165) is 38.5 Å². The van der Waals surface area contributed by atoms with Crippen LogP contribution in [0.25, 0.3) is 15.9 Å². The number of carboxylic acid groups (broad SMARTS) is 1. The molecule has 11 heteroatoms. The summed E-state index contributed by atoms with van der Waals surface area (Å²) in [7, 11) is 1.63. The van der Waals surface area contributed by atoms with Gasteiger partial charge in [0.2, 0.25) is 5.95 Å². The van der Waals surface area contributed by atoms with Gasteiger partial charge in [0.1, 0.15) is 23.8 Å².